The van der Waals surface area contributed by atoms with Crippen LogP contribution in [-0.2, 0) is 7.05 Å². The van der Waals surface area contributed by atoms with Gasteiger partial charge >= 0.3 is 0 Å². The van der Waals surface area contributed by atoms with Crippen LogP contribution >= 0.6 is 0 Å². The van der Waals surface area contributed by atoms with Gasteiger partial charge in [0.25, 0.3) is 0 Å². The second-order valence-corrected chi connectivity index (χ2v) is 3.91. The van der Waals surface area contributed by atoms with Gasteiger partial charge in [0.05, 0.1) is 0 Å². The van der Waals surface area contributed by atoms with E-state index in [-0.39, 0.29) is 12.4 Å². The molecule has 0 amide bonds. The Labute approximate surface area is 110 Å². The molecule has 0 atom stereocenters. The normalized spacial score (nSPS) is 10.3. The van der Waals surface area contributed by atoms with Gasteiger partial charge in [0.15, 0.2) is 12.9 Å². The number of aryl methyl sites for hydroxylation is 1. The van der Waals surface area contributed by atoms with Gasteiger partial charge in [0.2, 0.25) is 11.8 Å². The molecule has 92 valence electrons. The van der Waals surface area contributed by atoms with Crippen LogP contribution < -0.4 is 22.8 Å². The van der Waals surface area contributed by atoms with Crippen molar-refractivity contribution < 1.29 is 17.1 Å². The lowest BCUT2D eigenvalue weighted by atomic mass is 10.2. The van der Waals surface area contributed by atoms with E-state index in [4.69, 9.17) is 5.73 Å². The molecule has 0 fully saturated rings. The van der Waals surface area contributed by atoms with Crippen molar-refractivity contribution in [2.24, 2.45) is 7.05 Å². The Morgan fingerprint density at radius 1 is 1.17 bits per heavy atom. The third-order valence-electron chi connectivity index (χ3n) is 2.61. The predicted molar refractivity (Wildman–Crippen MR) is 64.9 cm³/mol. The van der Waals surface area contributed by atoms with Gasteiger partial charge in [-0.2, -0.15) is 0 Å². The maximum absolute atomic E-state index is 5.92. The summed E-state index contributed by atoms with van der Waals surface area (Å²) < 4.78 is 1.81. The number of aromatic nitrogens is 4. The minimum absolute atomic E-state index is 0. The first-order chi connectivity index (χ1) is 8.24. The minimum Gasteiger partial charge on any atom is -1.00 e. The Morgan fingerprint density at radius 2 is 1.89 bits per heavy atom. The molecule has 0 saturated carbocycles. The molecule has 0 spiro atoms. The van der Waals surface area contributed by atoms with Crippen molar-refractivity contribution in [1.29, 1.82) is 0 Å². The molecule has 0 aliphatic rings. The van der Waals surface area contributed by atoms with Crippen molar-refractivity contribution in [3.8, 4) is 11.4 Å². The van der Waals surface area contributed by atoms with Crippen LogP contribution in [0.3, 0.4) is 0 Å². The number of nitrogen functional groups attached to an aromatic ring is 1. The number of nitrogens with one attached hydrogen (secondary N) is 1. The molecule has 3 N–H and O–H groups in total. The monoisotopic (exact) mass is 261 g/mol. The lowest BCUT2D eigenvalue weighted by molar-refractivity contribution is -0.724. The van der Waals surface area contributed by atoms with E-state index in [0.29, 0.717) is 11.6 Å². The van der Waals surface area contributed by atoms with Gasteiger partial charge in [0.1, 0.15) is 11.2 Å². The van der Waals surface area contributed by atoms with Gasteiger partial charge in [-0.05, 0) is 0 Å². The highest BCUT2D eigenvalue weighted by Crippen LogP contribution is 2.20. The summed E-state index contributed by atoms with van der Waals surface area (Å²) >= 11 is 0. The Balaban J connectivity index is 0.00000120. The average molecular weight is 262 g/mol. The molecule has 0 saturated heterocycles. The van der Waals surface area contributed by atoms with E-state index in [2.05, 4.69) is 15.1 Å². The molecule has 0 bridgehead atoms. The predicted octanol–water partition coefficient (Wildman–Crippen LogP) is -1.96. The zero-order valence-corrected chi connectivity index (χ0v) is 10.5. The van der Waals surface area contributed by atoms with E-state index in [1.807, 2.05) is 48.3 Å². The van der Waals surface area contributed by atoms with Gasteiger partial charge in [-0.25, -0.2) is 9.97 Å². The van der Waals surface area contributed by atoms with Crippen LogP contribution in [0.4, 0.5) is 5.82 Å². The van der Waals surface area contributed by atoms with Gasteiger partial charge < -0.3 is 18.1 Å². The number of anilines is 1. The maximum Gasteiger partial charge on any atom is 0.208 e. The molecule has 18 heavy (non-hydrogen) atoms. The van der Waals surface area contributed by atoms with Gasteiger partial charge in [-0.15, -0.1) is 9.78 Å². The zero-order valence-electron chi connectivity index (χ0n) is 9.76. The quantitative estimate of drug-likeness (QED) is 0.500. The first kappa shape index (κ1) is 12.3. The van der Waals surface area contributed by atoms with Crippen LogP contribution in [0.5, 0.6) is 0 Å². The van der Waals surface area contributed by atoms with Crippen LogP contribution in [0.1, 0.15) is 0 Å². The Morgan fingerprint density at radius 3 is 2.61 bits per heavy atom. The van der Waals surface area contributed by atoms with E-state index in [1.165, 1.54) is 0 Å². The summed E-state index contributed by atoms with van der Waals surface area (Å²) in [6, 6.07) is 9.79. The SMILES string of the molecule is C[n+]1cc2c(N)nc(-c3ccccc3)nc2[nH]1.[Cl-]. The van der Waals surface area contributed by atoms with Crippen molar-refractivity contribution in [3.05, 3.63) is 36.5 Å². The van der Waals surface area contributed by atoms with Crippen LogP contribution in [0.25, 0.3) is 22.4 Å². The number of hydrogen-bond donors (Lipinski definition) is 2. The molecule has 5 nitrogen and oxygen atoms in total. The van der Waals surface area contributed by atoms with Crippen molar-refractivity contribution in [2.75, 3.05) is 5.73 Å². The van der Waals surface area contributed by atoms with Crippen molar-refractivity contribution in [1.82, 2.24) is 15.1 Å². The summed E-state index contributed by atoms with van der Waals surface area (Å²) in [5.41, 5.74) is 7.63. The molecule has 0 unspecified atom stereocenters. The van der Waals surface area contributed by atoms with Crippen molar-refractivity contribution in [3.63, 3.8) is 0 Å². The number of H-pyrrole nitrogens is 1. The Kier molecular flexibility index (Phi) is 3.16. The number of aromatic amines is 1. The Bertz CT molecular complexity index is 678. The molecule has 3 rings (SSSR count). The van der Waals surface area contributed by atoms with Gasteiger partial charge in [0, 0.05) is 5.56 Å². The Hall–Kier alpha value is -2.14. The van der Waals surface area contributed by atoms with E-state index in [9.17, 15) is 0 Å². The first-order valence-corrected chi connectivity index (χ1v) is 5.31. The number of halogens is 1. The van der Waals surface area contributed by atoms with E-state index >= 15 is 0 Å². The summed E-state index contributed by atoms with van der Waals surface area (Å²) in [6.07, 6.45) is 1.87. The summed E-state index contributed by atoms with van der Waals surface area (Å²) in [6.45, 7) is 0. The van der Waals surface area contributed by atoms with Gasteiger partial charge in [-0.3, -0.25) is 0 Å². The second kappa shape index (κ2) is 4.62. The summed E-state index contributed by atoms with van der Waals surface area (Å²) in [7, 11) is 1.89. The summed E-state index contributed by atoms with van der Waals surface area (Å²) in [5.74, 6) is 1.13. The average Bonchev–Trinajstić information content (AvgIpc) is 2.71. The molecule has 2 heterocycles. The summed E-state index contributed by atoms with van der Waals surface area (Å²) in [5, 5.41) is 3.93. The smallest absolute Gasteiger partial charge is 0.208 e. The minimum atomic E-state index is 0. The van der Waals surface area contributed by atoms with Crippen LogP contribution in [0, 0.1) is 0 Å². The molecule has 0 aliphatic carbocycles. The lowest BCUT2D eigenvalue weighted by Gasteiger charge is -2.00. The number of rotatable bonds is 1. The number of hydrogen-bond acceptors (Lipinski definition) is 3. The number of benzene rings is 1. The summed E-state index contributed by atoms with van der Waals surface area (Å²) in [4.78, 5) is 8.78. The molecule has 6 heteroatoms. The number of nitrogens with zero attached hydrogens (tertiary/aromatic N) is 3. The van der Waals surface area contributed by atoms with Crippen molar-refractivity contribution >= 4 is 16.9 Å². The van der Waals surface area contributed by atoms with Crippen LogP contribution in [0.2, 0.25) is 0 Å². The topological polar surface area (TPSA) is 71.5 Å². The fourth-order valence-electron chi connectivity index (χ4n) is 1.81. The third-order valence-corrected chi connectivity index (χ3v) is 2.61. The fourth-order valence-corrected chi connectivity index (χ4v) is 1.81. The molecule has 2 aromatic heterocycles. The highest BCUT2D eigenvalue weighted by Gasteiger charge is 2.12. The molecule has 3 aromatic rings. The molecular weight excluding hydrogens is 250 g/mol. The molecule has 0 radical (unpaired) electrons. The third kappa shape index (κ3) is 2.00. The molecule has 0 aliphatic heterocycles. The van der Waals surface area contributed by atoms with E-state index in [0.717, 1.165) is 16.6 Å². The number of nitrogens with two attached hydrogens (primary N) is 1. The zero-order chi connectivity index (χ0) is 11.8. The van der Waals surface area contributed by atoms with Gasteiger partial charge in [-0.1, -0.05) is 30.3 Å². The highest BCUT2D eigenvalue weighted by atomic mass is 35.5. The molecule has 1 aromatic carbocycles. The standard InChI is InChI=1S/C12H11N5.ClH/c1-17-7-9-10(13)14-11(15-12(9)16-17)8-5-3-2-4-6-8;/h2-7H,1H3,(H2,13,14,15,16);1H. The molecular formula is C12H12ClN5. The number of fused-ring (bicyclic) bond motifs is 1. The lowest BCUT2D eigenvalue weighted by Crippen LogP contribution is -3.00. The second-order valence-electron chi connectivity index (χ2n) is 3.91. The van der Waals surface area contributed by atoms with Crippen LogP contribution in [-0.4, -0.2) is 15.1 Å². The maximum atomic E-state index is 5.92. The van der Waals surface area contributed by atoms with E-state index in [1.54, 1.807) is 0 Å². The van der Waals surface area contributed by atoms with Crippen LogP contribution in [0.15, 0.2) is 36.5 Å². The van der Waals surface area contributed by atoms with Crippen molar-refractivity contribution in [2.45, 2.75) is 0 Å². The fraction of sp³-hybridized carbons (Fsp3) is 0.0833. The largest absolute Gasteiger partial charge is 1.00 e. The van der Waals surface area contributed by atoms with E-state index < -0.39 is 0 Å². The highest BCUT2D eigenvalue weighted by molar-refractivity contribution is 5.85. The first-order valence-electron chi connectivity index (χ1n) is 5.31.